The number of fused-ring (bicyclic) bond motifs is 1. The highest BCUT2D eigenvalue weighted by Crippen LogP contribution is 2.28. The van der Waals surface area contributed by atoms with Gasteiger partial charge in [0.05, 0.1) is 4.75 Å². The Balaban J connectivity index is 1.79. The molecule has 0 spiro atoms. The van der Waals surface area contributed by atoms with Crippen molar-refractivity contribution in [3.05, 3.63) is 65.7 Å². The molecular formula is C22H24N2O4S. The molecule has 1 aliphatic rings. The number of carboxylic acid groups (broad SMARTS) is 1. The first-order chi connectivity index (χ1) is 13.8. The number of rotatable bonds is 6. The second-order valence-electron chi connectivity index (χ2n) is 7.45. The molecule has 2 N–H and O–H groups in total. The number of nitrogens with one attached hydrogen (secondary N) is 1. The van der Waals surface area contributed by atoms with Gasteiger partial charge < -0.3 is 10.4 Å². The molecule has 2 aromatic rings. The van der Waals surface area contributed by atoms with Crippen LogP contribution in [-0.4, -0.2) is 40.2 Å². The number of carbonyl (C=O) groups is 3. The third-order valence-corrected chi connectivity index (χ3v) is 5.39. The molecule has 2 atom stereocenters. The van der Waals surface area contributed by atoms with Gasteiger partial charge in [0.1, 0.15) is 12.6 Å². The Morgan fingerprint density at radius 3 is 2.52 bits per heavy atom. The molecule has 7 heteroatoms. The van der Waals surface area contributed by atoms with E-state index in [0.29, 0.717) is 24.9 Å². The first kappa shape index (κ1) is 20.9. The lowest BCUT2D eigenvalue weighted by Gasteiger charge is -2.28. The number of carboxylic acids is 1. The molecule has 1 aliphatic heterocycles. The van der Waals surface area contributed by atoms with Gasteiger partial charge in [0.25, 0.3) is 0 Å². The molecule has 29 heavy (non-hydrogen) atoms. The highest BCUT2D eigenvalue weighted by molar-refractivity contribution is 7.82. The van der Waals surface area contributed by atoms with Crippen LogP contribution >= 0.6 is 12.6 Å². The van der Waals surface area contributed by atoms with Crippen molar-refractivity contribution in [2.45, 2.75) is 37.0 Å². The number of hydrogen-bond acceptors (Lipinski definition) is 4. The minimum atomic E-state index is -1.11. The lowest BCUT2D eigenvalue weighted by molar-refractivity contribution is -0.137. The number of aliphatic carboxylic acids is 1. The van der Waals surface area contributed by atoms with Gasteiger partial charge in [-0.05, 0) is 43.4 Å². The van der Waals surface area contributed by atoms with Gasteiger partial charge in [-0.15, -0.1) is 0 Å². The Morgan fingerprint density at radius 1 is 1.17 bits per heavy atom. The van der Waals surface area contributed by atoms with Crippen molar-refractivity contribution in [1.82, 2.24) is 5.32 Å². The van der Waals surface area contributed by atoms with Crippen molar-refractivity contribution in [3.63, 3.8) is 0 Å². The Hall–Kier alpha value is -2.80. The fourth-order valence-electron chi connectivity index (χ4n) is 3.54. The van der Waals surface area contributed by atoms with Crippen LogP contribution < -0.4 is 10.2 Å². The number of hydrogen-bond donors (Lipinski definition) is 3. The summed E-state index contributed by atoms with van der Waals surface area (Å²) in [5, 5.41) is 12.1. The summed E-state index contributed by atoms with van der Waals surface area (Å²) >= 11 is 4.55. The molecule has 6 nitrogen and oxygen atoms in total. The lowest BCUT2D eigenvalue weighted by Crippen LogP contribution is -2.53. The number of para-hydroxylation sites is 1. The third-order valence-electron chi connectivity index (χ3n) is 5.03. The molecule has 0 aromatic heterocycles. The van der Waals surface area contributed by atoms with E-state index < -0.39 is 29.2 Å². The van der Waals surface area contributed by atoms with E-state index in [9.17, 15) is 19.5 Å². The molecule has 0 unspecified atom stereocenters. The number of aryl methyl sites for hydroxylation is 1. The summed E-state index contributed by atoms with van der Waals surface area (Å²) in [6.07, 6.45) is 1.36. The molecule has 152 valence electrons. The van der Waals surface area contributed by atoms with Crippen molar-refractivity contribution in [3.8, 4) is 0 Å². The number of thiol groups is 1. The van der Waals surface area contributed by atoms with Crippen LogP contribution in [0.2, 0.25) is 0 Å². The van der Waals surface area contributed by atoms with Crippen LogP contribution in [0.4, 0.5) is 5.69 Å². The van der Waals surface area contributed by atoms with E-state index in [2.05, 4.69) is 17.9 Å². The van der Waals surface area contributed by atoms with Gasteiger partial charge in [0.15, 0.2) is 0 Å². The molecule has 0 aliphatic carbocycles. The zero-order valence-electron chi connectivity index (χ0n) is 16.2. The van der Waals surface area contributed by atoms with Crippen molar-refractivity contribution >= 4 is 36.1 Å². The van der Waals surface area contributed by atoms with Gasteiger partial charge >= 0.3 is 5.97 Å². The predicted octanol–water partition coefficient (Wildman–Crippen LogP) is 2.47. The second-order valence-corrected chi connectivity index (χ2v) is 8.43. The zero-order chi connectivity index (χ0) is 21.0. The molecular weight excluding hydrogens is 388 g/mol. The highest BCUT2D eigenvalue weighted by Gasteiger charge is 2.36. The van der Waals surface area contributed by atoms with Gasteiger partial charge in [-0.25, -0.2) is 0 Å². The number of benzene rings is 2. The van der Waals surface area contributed by atoms with E-state index in [1.807, 2.05) is 42.5 Å². The van der Waals surface area contributed by atoms with E-state index in [-0.39, 0.29) is 5.91 Å². The minimum absolute atomic E-state index is 0.357. The maximum atomic E-state index is 13.1. The van der Waals surface area contributed by atoms with Crippen molar-refractivity contribution < 1.29 is 19.5 Å². The van der Waals surface area contributed by atoms with E-state index >= 15 is 0 Å². The van der Waals surface area contributed by atoms with Gasteiger partial charge in [-0.2, -0.15) is 12.6 Å². The Labute approximate surface area is 175 Å². The zero-order valence-corrected chi connectivity index (χ0v) is 17.1. The summed E-state index contributed by atoms with van der Waals surface area (Å²) in [6, 6.07) is 16.0. The van der Waals surface area contributed by atoms with Crippen LogP contribution in [0.3, 0.4) is 0 Å². The van der Waals surface area contributed by atoms with Crippen LogP contribution in [-0.2, 0) is 27.2 Å². The number of nitrogens with zero attached hydrogens (tertiary/aromatic N) is 1. The average molecular weight is 413 g/mol. The second kappa shape index (κ2) is 8.69. The van der Waals surface area contributed by atoms with E-state index in [1.165, 1.54) is 4.90 Å². The van der Waals surface area contributed by atoms with Gasteiger partial charge in [0, 0.05) is 5.69 Å². The molecule has 0 radical (unpaired) electrons. The largest absolute Gasteiger partial charge is 0.480 e. The molecule has 3 rings (SSSR count). The molecule has 0 saturated heterocycles. The molecule has 0 saturated carbocycles. The molecule has 2 amide bonds. The van der Waals surface area contributed by atoms with Crippen LogP contribution in [0, 0.1) is 0 Å². The standard InChI is InChI=1S/C22H24N2O4S/c1-22(29,13-15-7-3-2-4-8-15)21(28)23-17-12-11-16-9-5-6-10-18(16)24(20(17)27)14-19(25)26/h2-10,17,29H,11-14H2,1H3,(H,23,28)(H,25,26)/t17-,22+/m0/s1. The number of anilines is 1. The summed E-state index contributed by atoms with van der Waals surface area (Å²) in [4.78, 5) is 38.6. The fourth-order valence-corrected chi connectivity index (χ4v) is 3.78. The van der Waals surface area contributed by atoms with Crippen molar-refractivity contribution in [2.75, 3.05) is 11.4 Å². The average Bonchev–Trinajstić information content (AvgIpc) is 2.80. The summed E-state index contributed by atoms with van der Waals surface area (Å²) in [5.74, 6) is -1.89. The Morgan fingerprint density at radius 2 is 1.83 bits per heavy atom. The summed E-state index contributed by atoms with van der Waals surface area (Å²) in [6.45, 7) is 1.26. The van der Waals surface area contributed by atoms with E-state index in [0.717, 1.165) is 11.1 Å². The monoisotopic (exact) mass is 412 g/mol. The minimum Gasteiger partial charge on any atom is -0.480 e. The van der Waals surface area contributed by atoms with Gasteiger partial charge in [-0.1, -0.05) is 48.5 Å². The Bertz CT molecular complexity index is 914. The highest BCUT2D eigenvalue weighted by atomic mass is 32.1. The van der Waals surface area contributed by atoms with Crippen molar-refractivity contribution in [2.24, 2.45) is 0 Å². The third kappa shape index (κ3) is 4.98. The van der Waals surface area contributed by atoms with Crippen LogP contribution in [0.1, 0.15) is 24.5 Å². The molecule has 0 fully saturated rings. The molecule has 1 heterocycles. The number of carbonyl (C=O) groups excluding carboxylic acids is 2. The first-order valence-electron chi connectivity index (χ1n) is 9.46. The normalized spacial score (nSPS) is 18.3. The van der Waals surface area contributed by atoms with Gasteiger partial charge in [-0.3, -0.25) is 19.3 Å². The summed E-state index contributed by atoms with van der Waals surface area (Å²) in [7, 11) is 0. The van der Waals surface area contributed by atoms with Gasteiger partial charge in [0.2, 0.25) is 11.8 Å². The Kier molecular flexibility index (Phi) is 6.27. The van der Waals surface area contributed by atoms with Crippen molar-refractivity contribution in [1.29, 1.82) is 0 Å². The SMILES string of the molecule is C[C@@](S)(Cc1ccccc1)C(=O)N[C@H]1CCc2ccccc2N(CC(=O)O)C1=O. The molecule has 2 aromatic carbocycles. The van der Waals surface area contributed by atoms with Crippen LogP contribution in [0.5, 0.6) is 0 Å². The first-order valence-corrected chi connectivity index (χ1v) is 9.91. The fraction of sp³-hybridized carbons (Fsp3) is 0.318. The number of amides is 2. The van der Waals surface area contributed by atoms with E-state index in [1.54, 1.807) is 19.1 Å². The topological polar surface area (TPSA) is 86.7 Å². The molecule has 0 bridgehead atoms. The van der Waals surface area contributed by atoms with E-state index in [4.69, 9.17) is 0 Å². The summed E-state index contributed by atoms with van der Waals surface area (Å²) in [5.41, 5.74) is 2.43. The maximum absolute atomic E-state index is 13.1. The van der Waals surface area contributed by atoms with Crippen LogP contribution in [0.25, 0.3) is 0 Å². The van der Waals surface area contributed by atoms with Crippen LogP contribution in [0.15, 0.2) is 54.6 Å². The lowest BCUT2D eigenvalue weighted by atomic mass is 9.98. The maximum Gasteiger partial charge on any atom is 0.323 e. The summed E-state index contributed by atoms with van der Waals surface area (Å²) < 4.78 is -1.02. The smallest absolute Gasteiger partial charge is 0.323 e. The predicted molar refractivity (Wildman–Crippen MR) is 114 cm³/mol. The quantitative estimate of drug-likeness (QED) is 0.636.